The number of carbonyl (C=O) groups is 1. The van der Waals surface area contributed by atoms with Crippen LogP contribution >= 0.6 is 0 Å². The quantitative estimate of drug-likeness (QED) is 0.162. The third-order valence-corrected chi connectivity index (χ3v) is 1.31. The largest absolute Gasteiger partial charge is 1.00 e. The van der Waals surface area contributed by atoms with Crippen molar-refractivity contribution < 1.29 is 26.5 Å². The minimum Gasteiger partial charge on any atom is -1.00 e. The minimum atomic E-state index is -0.675. The van der Waals surface area contributed by atoms with Gasteiger partial charge in [0.2, 0.25) is 6.17 Å². The van der Waals surface area contributed by atoms with Gasteiger partial charge in [0.05, 0.1) is 21.1 Å². The smallest absolute Gasteiger partial charge is 0.331 e. The molecule has 0 bridgehead atoms. The fourth-order valence-electron chi connectivity index (χ4n) is 0.515. The molecule has 0 heterocycles. The first-order valence-corrected chi connectivity index (χ1v) is 3.17. The lowest BCUT2D eigenvalue weighted by Crippen LogP contribution is -3.00. The molecule has 0 aromatic rings. The fourth-order valence-corrected chi connectivity index (χ4v) is 0.515. The molecule has 1 atom stereocenters. The lowest BCUT2D eigenvalue weighted by molar-refractivity contribution is -0.885. The van der Waals surface area contributed by atoms with E-state index in [0.717, 1.165) is 6.21 Å². The highest BCUT2D eigenvalue weighted by atomic mass is 35.5. The Kier molecular flexibility index (Phi) is 5.76. The molecule has 0 radical (unpaired) electrons. The van der Waals surface area contributed by atoms with Crippen molar-refractivity contribution in [3.8, 4) is 0 Å². The normalized spacial score (nSPS) is 12.3. The molecule has 0 saturated carbocycles. The molecule has 12 heavy (non-hydrogen) atoms. The monoisotopic (exact) mass is 192 g/mol. The van der Waals surface area contributed by atoms with Crippen LogP contribution in [0.25, 0.3) is 5.53 Å². The van der Waals surface area contributed by atoms with Crippen molar-refractivity contribution in [3.05, 3.63) is 5.53 Å². The maximum Gasteiger partial charge on any atom is 0.331 e. The number of carbonyl (C=O) groups excluding carboxylic acids is 1. The summed E-state index contributed by atoms with van der Waals surface area (Å²) in [6, 6.07) is 0. The number of quaternary nitrogens is 1. The van der Waals surface area contributed by atoms with Gasteiger partial charge in [0.25, 0.3) is 0 Å². The zero-order valence-electron chi connectivity index (χ0n) is 7.36. The van der Waals surface area contributed by atoms with Crippen molar-refractivity contribution >= 4 is 12.0 Å². The first-order chi connectivity index (χ1) is 4.89. The Hall–Kier alpha value is -0.740. The number of rotatable bonds is 3. The number of ketones is 1. The summed E-state index contributed by atoms with van der Waals surface area (Å²) in [6.45, 7) is 0. The molecule has 5 nitrogen and oxygen atoms in total. The average molecular weight is 193 g/mol. The van der Waals surface area contributed by atoms with Gasteiger partial charge in [0.1, 0.15) is 0 Å². The maximum absolute atomic E-state index is 10.9. The number of likely N-dealkylation sites (N-methyl/N-ethyl adjacent to an activating group) is 1. The van der Waals surface area contributed by atoms with Crippen LogP contribution in [0.3, 0.4) is 0 Å². The van der Waals surface area contributed by atoms with Gasteiger partial charge < -0.3 is 22.4 Å². The summed E-state index contributed by atoms with van der Waals surface area (Å²) in [6.07, 6.45) is 0.139. The van der Waals surface area contributed by atoms with Gasteiger partial charge in [0.15, 0.2) is 0 Å². The molecule has 0 aliphatic carbocycles. The molecular weight excluding hydrogens is 180 g/mol. The second-order valence-corrected chi connectivity index (χ2v) is 3.21. The van der Waals surface area contributed by atoms with Gasteiger partial charge in [-0.1, -0.05) is 0 Å². The summed E-state index contributed by atoms with van der Waals surface area (Å²) >= 11 is 0. The summed E-state index contributed by atoms with van der Waals surface area (Å²) in [5, 5.41) is 0. The summed E-state index contributed by atoms with van der Waals surface area (Å²) < 4.78 is 0.310. The van der Waals surface area contributed by atoms with Gasteiger partial charge in [0, 0.05) is 0 Å². The third-order valence-electron chi connectivity index (χ3n) is 1.31. The van der Waals surface area contributed by atoms with E-state index in [-0.39, 0.29) is 18.2 Å². The first kappa shape index (κ1) is 13.8. The number of nitrogens with zero attached hydrogens (tertiary/aromatic N) is 3. The zero-order chi connectivity index (χ0) is 9.07. The Balaban J connectivity index is 0. The van der Waals surface area contributed by atoms with Crippen molar-refractivity contribution in [1.82, 2.24) is 0 Å². The molecule has 0 saturated heterocycles. The van der Waals surface area contributed by atoms with Gasteiger partial charge in [-0.2, -0.15) is 4.79 Å². The number of Topliss-reactive ketones (excluding diaryl/α,β-unsaturated/α-hetero) is 1. The Morgan fingerprint density at radius 2 is 2.00 bits per heavy atom. The van der Waals surface area contributed by atoms with E-state index in [1.54, 1.807) is 21.1 Å². The molecule has 6 heteroatoms. The number of hydrogen-bond donors (Lipinski definition) is 1. The van der Waals surface area contributed by atoms with E-state index in [9.17, 15) is 4.79 Å². The molecule has 0 spiro atoms. The lowest BCUT2D eigenvalue weighted by atomic mass is 10.3. The van der Waals surface area contributed by atoms with Gasteiger partial charge in [-0.15, -0.1) is 0 Å². The molecule has 0 fully saturated rings. The van der Waals surface area contributed by atoms with Crippen LogP contribution in [0.4, 0.5) is 0 Å². The van der Waals surface area contributed by atoms with Gasteiger partial charge in [-0.3, -0.25) is 10.5 Å². The van der Waals surface area contributed by atoms with Crippen molar-refractivity contribution in [1.29, 1.82) is 0 Å². The van der Waals surface area contributed by atoms with E-state index >= 15 is 0 Å². The molecule has 0 amide bonds. The highest BCUT2D eigenvalue weighted by molar-refractivity contribution is 6.27. The van der Waals surface area contributed by atoms with Gasteiger partial charge >= 0.3 is 12.0 Å². The highest BCUT2D eigenvalue weighted by Crippen LogP contribution is 1.95. The Morgan fingerprint density at radius 3 is 2.25 bits per heavy atom. The predicted molar refractivity (Wildman–Crippen MR) is 40.7 cm³/mol. The molecule has 0 aromatic heterocycles. The van der Waals surface area contributed by atoms with Crippen molar-refractivity contribution in [2.24, 2.45) is 5.73 Å². The molecule has 0 aliphatic heterocycles. The first-order valence-electron chi connectivity index (χ1n) is 3.17. The molecule has 0 rings (SSSR count). The van der Waals surface area contributed by atoms with Crippen LogP contribution in [-0.4, -0.2) is 48.6 Å². The van der Waals surface area contributed by atoms with Crippen molar-refractivity contribution in [2.45, 2.75) is 6.17 Å². The number of halogens is 1. The van der Waals surface area contributed by atoms with E-state index in [1.165, 1.54) is 0 Å². The van der Waals surface area contributed by atoms with Crippen molar-refractivity contribution in [2.75, 3.05) is 21.1 Å². The fraction of sp³-hybridized carbons (Fsp3) is 0.667. The highest BCUT2D eigenvalue weighted by Gasteiger charge is 2.28. The van der Waals surface area contributed by atoms with Crippen LogP contribution < -0.4 is 18.1 Å². The summed E-state index contributed by atoms with van der Waals surface area (Å²) in [5.41, 5.74) is 13.5. The SMILES string of the molecule is C[N+](C)(C)C(N)C(=O)C=[N+]=[N-].[Cl-]. The van der Waals surface area contributed by atoms with Crippen LogP contribution in [0.2, 0.25) is 0 Å². The topological polar surface area (TPSA) is 79.5 Å². The maximum atomic E-state index is 10.9. The van der Waals surface area contributed by atoms with Crippen LogP contribution in [-0.2, 0) is 4.79 Å². The van der Waals surface area contributed by atoms with Crippen LogP contribution in [0.1, 0.15) is 0 Å². The van der Waals surface area contributed by atoms with E-state index in [1.807, 2.05) is 0 Å². The second-order valence-electron chi connectivity index (χ2n) is 3.21. The minimum absolute atomic E-state index is 0. The summed E-state index contributed by atoms with van der Waals surface area (Å²) in [4.78, 5) is 13.5. The molecule has 2 N–H and O–H groups in total. The Bertz CT molecular complexity index is 204. The standard InChI is InChI=1S/C6H13N4O.ClH/c1-10(2,3)6(7)5(11)4-9-8;/h4,6H,7H2,1-3H3;1H/q+1;/p-1. The zero-order valence-corrected chi connectivity index (χ0v) is 8.12. The number of nitrogens with two attached hydrogens (primary N) is 1. The Labute approximate surface area is 77.8 Å². The molecule has 0 aliphatic rings. The predicted octanol–water partition coefficient (Wildman–Crippen LogP) is -4.15. The molecule has 0 aromatic carbocycles. The van der Waals surface area contributed by atoms with Gasteiger partial charge in [-0.25, -0.2) is 0 Å². The molecule has 70 valence electrons. The summed E-state index contributed by atoms with van der Waals surface area (Å²) in [7, 11) is 5.36. The van der Waals surface area contributed by atoms with Crippen LogP contribution in [0, 0.1) is 0 Å². The van der Waals surface area contributed by atoms with E-state index in [2.05, 4.69) is 4.79 Å². The number of hydrogen-bond acceptors (Lipinski definition) is 2. The second kappa shape index (κ2) is 5.00. The lowest BCUT2D eigenvalue weighted by Gasteiger charge is -2.27. The summed E-state index contributed by atoms with van der Waals surface area (Å²) in [5.74, 6) is -0.389. The average Bonchev–Trinajstić information content (AvgIpc) is 1.85. The molecular formula is C6H13ClN4O. The Morgan fingerprint density at radius 1 is 1.58 bits per heavy atom. The van der Waals surface area contributed by atoms with Crippen molar-refractivity contribution in [3.63, 3.8) is 0 Å². The van der Waals surface area contributed by atoms with E-state index in [4.69, 9.17) is 11.3 Å². The van der Waals surface area contributed by atoms with E-state index < -0.39 is 6.17 Å². The van der Waals surface area contributed by atoms with Crippen LogP contribution in [0.15, 0.2) is 0 Å². The third kappa shape index (κ3) is 4.20. The molecule has 1 unspecified atom stereocenters. The van der Waals surface area contributed by atoms with Crippen LogP contribution in [0.5, 0.6) is 0 Å². The van der Waals surface area contributed by atoms with E-state index in [0.29, 0.717) is 4.48 Å². The van der Waals surface area contributed by atoms with Gasteiger partial charge in [-0.05, 0) is 0 Å².